The summed E-state index contributed by atoms with van der Waals surface area (Å²) in [5.74, 6) is -0.167. The lowest BCUT2D eigenvalue weighted by atomic mass is 10.4. The van der Waals surface area contributed by atoms with Crippen LogP contribution in [0.5, 0.6) is 0 Å². The number of ether oxygens (including phenoxy) is 1. The van der Waals surface area contributed by atoms with E-state index in [0.717, 1.165) is 0 Å². The quantitative estimate of drug-likeness (QED) is 0.714. The van der Waals surface area contributed by atoms with Crippen LogP contribution in [0.15, 0.2) is 30.7 Å². The predicted octanol–water partition coefficient (Wildman–Crippen LogP) is 0.926. The number of hydrogen-bond acceptors (Lipinski definition) is 5. The van der Waals surface area contributed by atoms with Crippen molar-refractivity contribution < 1.29 is 9.53 Å². The lowest BCUT2D eigenvalue weighted by Crippen LogP contribution is -2.08. The molecule has 2 aromatic heterocycles. The predicted molar refractivity (Wildman–Crippen MR) is 57.4 cm³/mol. The molecule has 0 aliphatic carbocycles. The maximum Gasteiger partial charge on any atom is 0.358 e. The van der Waals surface area contributed by atoms with Crippen LogP contribution >= 0.6 is 0 Å². The lowest BCUT2D eigenvalue weighted by molar-refractivity contribution is 0.0593. The van der Waals surface area contributed by atoms with Crippen LogP contribution in [-0.2, 0) is 4.74 Å². The van der Waals surface area contributed by atoms with Gasteiger partial charge in [0.1, 0.15) is 11.8 Å². The van der Waals surface area contributed by atoms with Gasteiger partial charge in [0.2, 0.25) is 0 Å². The summed E-state index contributed by atoms with van der Waals surface area (Å²) in [4.78, 5) is 19.3. The number of hydrogen-bond donors (Lipinski definition) is 0. The number of nitriles is 1. The Morgan fingerprint density at radius 2 is 2.35 bits per heavy atom. The minimum absolute atomic E-state index is 0.0996. The molecular formula is C11H8N4O2. The highest BCUT2D eigenvalue weighted by molar-refractivity contribution is 5.86. The van der Waals surface area contributed by atoms with Crippen LogP contribution in [-0.4, -0.2) is 27.6 Å². The van der Waals surface area contributed by atoms with Gasteiger partial charge in [0.15, 0.2) is 11.5 Å². The molecular weight excluding hydrogens is 220 g/mol. The second-order valence-corrected chi connectivity index (χ2v) is 3.13. The summed E-state index contributed by atoms with van der Waals surface area (Å²) in [6, 6.07) is 5.37. The standard InChI is InChI=1S/C11H8N4O2/c1-17-11(16)9-6-13-7-10(14-9)15-4-2-3-8(15)5-12/h2-4,6-7H,1H3. The van der Waals surface area contributed by atoms with Gasteiger partial charge in [-0.05, 0) is 12.1 Å². The van der Waals surface area contributed by atoms with Crippen LogP contribution in [0.4, 0.5) is 0 Å². The third-order valence-electron chi connectivity index (χ3n) is 2.13. The zero-order chi connectivity index (χ0) is 12.3. The molecule has 0 saturated carbocycles. The minimum Gasteiger partial charge on any atom is -0.464 e. The second-order valence-electron chi connectivity index (χ2n) is 3.13. The molecule has 0 aromatic carbocycles. The van der Waals surface area contributed by atoms with Crippen molar-refractivity contribution in [2.24, 2.45) is 0 Å². The molecule has 0 N–H and O–H groups in total. The van der Waals surface area contributed by atoms with Crippen LogP contribution in [0.1, 0.15) is 16.2 Å². The average molecular weight is 228 g/mol. The van der Waals surface area contributed by atoms with E-state index < -0.39 is 5.97 Å². The summed E-state index contributed by atoms with van der Waals surface area (Å²) < 4.78 is 6.09. The van der Waals surface area contributed by atoms with Crippen LogP contribution in [0.25, 0.3) is 5.82 Å². The van der Waals surface area contributed by atoms with Gasteiger partial charge in [-0.3, -0.25) is 9.55 Å². The second kappa shape index (κ2) is 4.45. The SMILES string of the molecule is COC(=O)c1cncc(-n2cccc2C#N)n1. The molecule has 0 amide bonds. The number of aromatic nitrogens is 3. The Morgan fingerprint density at radius 1 is 1.53 bits per heavy atom. The van der Waals surface area contributed by atoms with E-state index in [1.54, 1.807) is 22.9 Å². The van der Waals surface area contributed by atoms with Crippen molar-refractivity contribution in [3.8, 4) is 11.9 Å². The van der Waals surface area contributed by atoms with E-state index in [-0.39, 0.29) is 5.69 Å². The van der Waals surface area contributed by atoms with Gasteiger partial charge < -0.3 is 4.74 Å². The first-order chi connectivity index (χ1) is 8.26. The van der Waals surface area contributed by atoms with Crippen molar-refractivity contribution in [3.63, 3.8) is 0 Å². The monoisotopic (exact) mass is 228 g/mol. The third kappa shape index (κ3) is 1.99. The van der Waals surface area contributed by atoms with Gasteiger partial charge in [-0.1, -0.05) is 0 Å². The number of carbonyl (C=O) groups is 1. The maximum absolute atomic E-state index is 11.3. The van der Waals surface area contributed by atoms with Gasteiger partial charge in [-0.2, -0.15) is 5.26 Å². The molecule has 6 nitrogen and oxygen atoms in total. The number of carbonyl (C=O) groups excluding carboxylic acids is 1. The van der Waals surface area contributed by atoms with Crippen LogP contribution in [0, 0.1) is 11.3 Å². The molecule has 2 heterocycles. The fourth-order valence-corrected chi connectivity index (χ4v) is 1.35. The number of methoxy groups -OCH3 is 1. The van der Waals surface area contributed by atoms with Crippen molar-refractivity contribution in [1.82, 2.24) is 14.5 Å². The molecule has 0 atom stereocenters. The first-order valence-electron chi connectivity index (χ1n) is 4.74. The van der Waals surface area contributed by atoms with Gasteiger partial charge in [-0.15, -0.1) is 0 Å². The van der Waals surface area contributed by atoms with Crippen molar-refractivity contribution >= 4 is 5.97 Å². The summed E-state index contributed by atoms with van der Waals surface area (Å²) >= 11 is 0. The Kier molecular flexibility index (Phi) is 2.83. The Balaban J connectivity index is 2.47. The van der Waals surface area contributed by atoms with Crippen LogP contribution in [0.2, 0.25) is 0 Å². The highest BCUT2D eigenvalue weighted by Gasteiger charge is 2.10. The third-order valence-corrected chi connectivity index (χ3v) is 2.13. The van der Waals surface area contributed by atoms with E-state index in [1.807, 2.05) is 6.07 Å². The maximum atomic E-state index is 11.3. The Labute approximate surface area is 97.1 Å². The number of nitrogens with zero attached hydrogens (tertiary/aromatic N) is 4. The first kappa shape index (κ1) is 10.8. The fourth-order valence-electron chi connectivity index (χ4n) is 1.35. The summed E-state index contributed by atoms with van der Waals surface area (Å²) in [7, 11) is 1.27. The van der Waals surface area contributed by atoms with E-state index in [9.17, 15) is 4.79 Å². The average Bonchev–Trinajstić information content (AvgIpc) is 2.86. The van der Waals surface area contributed by atoms with Crippen molar-refractivity contribution in [3.05, 3.63) is 42.1 Å². The molecule has 0 saturated heterocycles. The van der Waals surface area contributed by atoms with Crippen molar-refractivity contribution in [2.45, 2.75) is 0 Å². The summed E-state index contributed by atoms with van der Waals surface area (Å²) in [5.41, 5.74) is 0.518. The van der Waals surface area contributed by atoms with E-state index in [1.165, 1.54) is 19.5 Å². The largest absolute Gasteiger partial charge is 0.464 e. The van der Waals surface area contributed by atoms with Gasteiger partial charge in [0.25, 0.3) is 0 Å². The molecule has 84 valence electrons. The topological polar surface area (TPSA) is 80.8 Å². The van der Waals surface area contributed by atoms with Crippen molar-refractivity contribution in [2.75, 3.05) is 7.11 Å². The van der Waals surface area contributed by atoms with E-state index in [2.05, 4.69) is 14.7 Å². The van der Waals surface area contributed by atoms with Gasteiger partial charge in [0.05, 0.1) is 19.5 Å². The molecule has 6 heteroatoms. The molecule has 17 heavy (non-hydrogen) atoms. The molecule has 2 aromatic rings. The molecule has 0 aliphatic rings. The normalized spacial score (nSPS) is 9.65. The zero-order valence-electron chi connectivity index (χ0n) is 8.99. The summed E-state index contributed by atoms with van der Waals surface area (Å²) in [6.07, 6.45) is 4.45. The molecule has 2 rings (SSSR count). The Bertz CT molecular complexity index is 598. The minimum atomic E-state index is -0.565. The summed E-state index contributed by atoms with van der Waals surface area (Å²) in [6.45, 7) is 0. The van der Waals surface area contributed by atoms with E-state index in [0.29, 0.717) is 11.5 Å². The van der Waals surface area contributed by atoms with Crippen LogP contribution in [0.3, 0.4) is 0 Å². The molecule has 0 radical (unpaired) electrons. The summed E-state index contributed by atoms with van der Waals surface area (Å²) in [5, 5.41) is 8.88. The molecule has 0 bridgehead atoms. The zero-order valence-corrected chi connectivity index (χ0v) is 8.99. The Hall–Kier alpha value is -2.68. The lowest BCUT2D eigenvalue weighted by Gasteiger charge is -2.04. The Morgan fingerprint density at radius 3 is 3.06 bits per heavy atom. The first-order valence-corrected chi connectivity index (χ1v) is 4.74. The van der Waals surface area contributed by atoms with Gasteiger partial charge >= 0.3 is 5.97 Å². The van der Waals surface area contributed by atoms with Gasteiger partial charge in [-0.25, -0.2) is 9.78 Å². The number of rotatable bonds is 2. The fraction of sp³-hybridized carbons (Fsp3) is 0.0909. The van der Waals surface area contributed by atoms with E-state index in [4.69, 9.17) is 5.26 Å². The van der Waals surface area contributed by atoms with Gasteiger partial charge in [0, 0.05) is 6.20 Å². The number of esters is 1. The van der Waals surface area contributed by atoms with Crippen molar-refractivity contribution in [1.29, 1.82) is 5.26 Å². The van der Waals surface area contributed by atoms with Crippen LogP contribution < -0.4 is 0 Å². The molecule has 0 aliphatic heterocycles. The molecule has 0 spiro atoms. The van der Waals surface area contributed by atoms with E-state index >= 15 is 0 Å². The highest BCUT2D eigenvalue weighted by atomic mass is 16.5. The highest BCUT2D eigenvalue weighted by Crippen LogP contribution is 2.09. The molecule has 0 unspecified atom stereocenters. The smallest absolute Gasteiger partial charge is 0.358 e. The molecule has 0 fully saturated rings.